The van der Waals surface area contributed by atoms with Gasteiger partial charge in [0.25, 0.3) is 0 Å². The lowest BCUT2D eigenvalue weighted by Crippen LogP contribution is -2.31. The summed E-state index contributed by atoms with van der Waals surface area (Å²) in [7, 11) is 0. The van der Waals surface area contributed by atoms with E-state index in [1.54, 1.807) is 13.1 Å². The van der Waals surface area contributed by atoms with Crippen LogP contribution < -0.4 is 0 Å². The predicted molar refractivity (Wildman–Crippen MR) is 58.9 cm³/mol. The highest BCUT2D eigenvalue weighted by Gasteiger charge is 2.16. The van der Waals surface area contributed by atoms with Crippen LogP contribution in [0.25, 0.3) is 0 Å². The molecule has 0 N–H and O–H groups in total. The van der Waals surface area contributed by atoms with E-state index in [4.69, 9.17) is 0 Å². The van der Waals surface area contributed by atoms with Gasteiger partial charge in [-0.25, -0.2) is 0 Å². The topological polar surface area (TPSA) is 33.2 Å². The van der Waals surface area contributed by atoms with E-state index < -0.39 is 0 Å². The lowest BCUT2D eigenvalue weighted by Gasteiger charge is -2.26. The summed E-state index contributed by atoms with van der Waals surface area (Å²) in [6.07, 6.45) is 2.71. The Morgan fingerprint density at radius 2 is 2.40 bits per heavy atom. The fourth-order valence-corrected chi connectivity index (χ4v) is 1.93. The molecule has 0 fully saturated rings. The lowest BCUT2D eigenvalue weighted by molar-refractivity contribution is 0.101. The van der Waals surface area contributed by atoms with Gasteiger partial charge in [0.05, 0.1) is 5.69 Å². The molecule has 15 heavy (non-hydrogen) atoms. The highest BCUT2D eigenvalue weighted by molar-refractivity contribution is 5.93. The van der Waals surface area contributed by atoms with Gasteiger partial charge >= 0.3 is 0 Å². The van der Waals surface area contributed by atoms with E-state index in [9.17, 15) is 4.79 Å². The SMILES string of the molecule is CCN1CCc2cc(C(C)=O)cnc2C1. The summed E-state index contributed by atoms with van der Waals surface area (Å²) < 4.78 is 0. The minimum Gasteiger partial charge on any atom is -0.297 e. The quantitative estimate of drug-likeness (QED) is 0.687. The molecule has 0 radical (unpaired) electrons. The summed E-state index contributed by atoms with van der Waals surface area (Å²) in [5, 5.41) is 0. The van der Waals surface area contributed by atoms with Crippen molar-refractivity contribution >= 4 is 5.78 Å². The second-order valence-corrected chi connectivity index (χ2v) is 4.00. The maximum absolute atomic E-state index is 11.2. The van der Waals surface area contributed by atoms with Crippen LogP contribution in [0.5, 0.6) is 0 Å². The molecule has 0 spiro atoms. The van der Waals surface area contributed by atoms with Gasteiger partial charge in [-0.1, -0.05) is 6.92 Å². The second kappa shape index (κ2) is 4.11. The first-order valence-electron chi connectivity index (χ1n) is 5.41. The minimum absolute atomic E-state index is 0.100. The number of hydrogen-bond donors (Lipinski definition) is 0. The zero-order valence-electron chi connectivity index (χ0n) is 9.29. The molecule has 3 heteroatoms. The molecular formula is C12H16N2O. The Morgan fingerprint density at radius 3 is 3.07 bits per heavy atom. The zero-order valence-corrected chi connectivity index (χ0v) is 9.29. The molecule has 3 nitrogen and oxygen atoms in total. The van der Waals surface area contributed by atoms with Crippen molar-refractivity contribution in [2.45, 2.75) is 26.8 Å². The molecule has 80 valence electrons. The van der Waals surface area contributed by atoms with Crippen molar-refractivity contribution in [3.05, 3.63) is 29.1 Å². The highest BCUT2D eigenvalue weighted by Crippen LogP contribution is 2.17. The number of fused-ring (bicyclic) bond motifs is 1. The molecule has 0 unspecified atom stereocenters. The number of carbonyl (C=O) groups is 1. The maximum atomic E-state index is 11.2. The van der Waals surface area contributed by atoms with Crippen molar-refractivity contribution in [3.8, 4) is 0 Å². The molecule has 2 rings (SSSR count). The van der Waals surface area contributed by atoms with E-state index in [1.165, 1.54) is 5.56 Å². The third-order valence-corrected chi connectivity index (χ3v) is 2.98. The molecule has 1 aliphatic heterocycles. The van der Waals surface area contributed by atoms with Crippen LogP contribution in [0, 0.1) is 0 Å². The lowest BCUT2D eigenvalue weighted by atomic mass is 10.0. The largest absolute Gasteiger partial charge is 0.297 e. The Kier molecular flexibility index (Phi) is 2.82. The predicted octanol–water partition coefficient (Wildman–Crippen LogP) is 1.66. The van der Waals surface area contributed by atoms with E-state index in [0.717, 1.165) is 37.3 Å². The third kappa shape index (κ3) is 2.07. The Bertz CT molecular complexity index is 387. The summed E-state index contributed by atoms with van der Waals surface area (Å²) >= 11 is 0. The van der Waals surface area contributed by atoms with Gasteiger partial charge in [0.1, 0.15) is 0 Å². The van der Waals surface area contributed by atoms with Crippen molar-refractivity contribution < 1.29 is 4.79 Å². The number of hydrogen-bond acceptors (Lipinski definition) is 3. The van der Waals surface area contributed by atoms with Crippen LogP contribution in [-0.4, -0.2) is 28.8 Å². The number of Topliss-reactive ketones (excluding diaryl/α,β-unsaturated/α-hetero) is 1. The second-order valence-electron chi connectivity index (χ2n) is 4.00. The number of aromatic nitrogens is 1. The number of ketones is 1. The number of pyridine rings is 1. The summed E-state index contributed by atoms with van der Waals surface area (Å²) in [5.74, 6) is 0.100. The molecule has 0 bridgehead atoms. The van der Waals surface area contributed by atoms with Gasteiger partial charge in [-0.05, 0) is 31.5 Å². The van der Waals surface area contributed by atoms with Crippen LogP contribution in [0.15, 0.2) is 12.3 Å². The smallest absolute Gasteiger partial charge is 0.161 e. The summed E-state index contributed by atoms with van der Waals surface area (Å²) in [5.41, 5.74) is 3.11. The normalized spacial score (nSPS) is 16.1. The van der Waals surface area contributed by atoms with Gasteiger partial charge in [0.2, 0.25) is 0 Å². The monoisotopic (exact) mass is 204 g/mol. The standard InChI is InChI=1S/C12H16N2O/c1-3-14-5-4-10-6-11(9(2)15)7-13-12(10)8-14/h6-7H,3-5,8H2,1-2H3. The van der Waals surface area contributed by atoms with Crippen LogP contribution in [-0.2, 0) is 13.0 Å². The molecule has 0 atom stereocenters. The third-order valence-electron chi connectivity index (χ3n) is 2.98. The molecule has 1 aromatic rings. The maximum Gasteiger partial charge on any atom is 0.161 e. The number of nitrogens with zero attached hydrogens (tertiary/aromatic N) is 2. The first-order valence-corrected chi connectivity index (χ1v) is 5.41. The van der Waals surface area contributed by atoms with Crippen molar-refractivity contribution in [2.24, 2.45) is 0 Å². The van der Waals surface area contributed by atoms with Crippen LogP contribution in [0.3, 0.4) is 0 Å². The van der Waals surface area contributed by atoms with E-state index in [1.807, 2.05) is 6.07 Å². The average Bonchev–Trinajstić information content (AvgIpc) is 2.27. The summed E-state index contributed by atoms with van der Waals surface area (Å²) in [4.78, 5) is 17.9. The summed E-state index contributed by atoms with van der Waals surface area (Å²) in [6.45, 7) is 6.81. The van der Waals surface area contributed by atoms with Crippen molar-refractivity contribution in [1.82, 2.24) is 9.88 Å². The molecule has 0 aliphatic carbocycles. The van der Waals surface area contributed by atoms with Crippen LogP contribution in [0.1, 0.15) is 35.5 Å². The number of carbonyl (C=O) groups excluding carboxylic acids is 1. The molecule has 2 heterocycles. The van der Waals surface area contributed by atoms with E-state index in [-0.39, 0.29) is 5.78 Å². The van der Waals surface area contributed by atoms with Gasteiger partial charge in [-0.3, -0.25) is 14.7 Å². The fraction of sp³-hybridized carbons (Fsp3) is 0.500. The van der Waals surface area contributed by atoms with Crippen LogP contribution >= 0.6 is 0 Å². The molecule has 0 saturated heterocycles. The highest BCUT2D eigenvalue weighted by atomic mass is 16.1. The molecular weight excluding hydrogens is 188 g/mol. The Hall–Kier alpha value is -1.22. The van der Waals surface area contributed by atoms with Gasteiger partial charge in [-0.2, -0.15) is 0 Å². The molecule has 1 aromatic heterocycles. The first kappa shape index (κ1) is 10.3. The van der Waals surface area contributed by atoms with E-state index >= 15 is 0 Å². The van der Waals surface area contributed by atoms with Crippen molar-refractivity contribution in [3.63, 3.8) is 0 Å². The van der Waals surface area contributed by atoms with Crippen molar-refractivity contribution in [1.29, 1.82) is 0 Å². The fourth-order valence-electron chi connectivity index (χ4n) is 1.93. The number of likely N-dealkylation sites (N-methyl/N-ethyl adjacent to an activating group) is 1. The first-order chi connectivity index (χ1) is 7.20. The minimum atomic E-state index is 0.100. The van der Waals surface area contributed by atoms with Crippen LogP contribution in [0.4, 0.5) is 0 Å². The Labute approximate surface area is 90.1 Å². The molecule has 0 aromatic carbocycles. The molecule has 1 aliphatic rings. The van der Waals surface area contributed by atoms with Crippen molar-refractivity contribution in [2.75, 3.05) is 13.1 Å². The van der Waals surface area contributed by atoms with E-state index in [2.05, 4.69) is 16.8 Å². The average molecular weight is 204 g/mol. The van der Waals surface area contributed by atoms with E-state index in [0.29, 0.717) is 0 Å². The number of rotatable bonds is 2. The van der Waals surface area contributed by atoms with Gasteiger partial charge < -0.3 is 0 Å². The van der Waals surface area contributed by atoms with Crippen LogP contribution in [0.2, 0.25) is 0 Å². The van der Waals surface area contributed by atoms with Gasteiger partial charge in [0, 0.05) is 24.8 Å². The summed E-state index contributed by atoms with van der Waals surface area (Å²) in [6, 6.07) is 2.00. The molecule has 0 amide bonds. The zero-order chi connectivity index (χ0) is 10.8. The van der Waals surface area contributed by atoms with Gasteiger partial charge in [0.15, 0.2) is 5.78 Å². The van der Waals surface area contributed by atoms with Gasteiger partial charge in [-0.15, -0.1) is 0 Å². The Balaban J connectivity index is 2.28. The molecule has 0 saturated carbocycles. The Morgan fingerprint density at radius 1 is 1.60 bits per heavy atom.